The van der Waals surface area contributed by atoms with Crippen LogP contribution in [0.4, 0.5) is 0 Å². The monoisotopic (exact) mass is 282 g/mol. The molecule has 0 spiro atoms. The Bertz CT molecular complexity index is 665. The zero-order valence-electron chi connectivity index (χ0n) is 13.6. The average Bonchev–Trinajstić information content (AvgIpc) is 2.34. The SMILES string of the molecule is Cc1cc(C)c(C(=O)Oc2cc(C)c(C)c(C)c2)c(C)c1. The largest absolute Gasteiger partial charge is 0.423 e. The number of ether oxygens (including phenoxy) is 1. The van der Waals surface area contributed by atoms with Crippen molar-refractivity contribution < 1.29 is 9.53 Å². The van der Waals surface area contributed by atoms with E-state index in [1.807, 2.05) is 58.9 Å². The zero-order chi connectivity index (χ0) is 15.7. The van der Waals surface area contributed by atoms with E-state index in [0.717, 1.165) is 27.8 Å². The number of hydrogen-bond acceptors (Lipinski definition) is 2. The van der Waals surface area contributed by atoms with Crippen LogP contribution in [0.1, 0.15) is 43.7 Å². The summed E-state index contributed by atoms with van der Waals surface area (Å²) in [5.41, 5.74) is 7.24. The zero-order valence-corrected chi connectivity index (χ0v) is 13.6. The van der Waals surface area contributed by atoms with Crippen molar-refractivity contribution in [1.82, 2.24) is 0 Å². The van der Waals surface area contributed by atoms with Crippen LogP contribution in [0.5, 0.6) is 5.75 Å². The van der Waals surface area contributed by atoms with Crippen molar-refractivity contribution in [1.29, 1.82) is 0 Å². The average molecular weight is 282 g/mol. The van der Waals surface area contributed by atoms with E-state index in [0.29, 0.717) is 11.3 Å². The van der Waals surface area contributed by atoms with Crippen molar-refractivity contribution >= 4 is 5.97 Å². The Morgan fingerprint density at radius 3 is 1.71 bits per heavy atom. The Kier molecular flexibility index (Phi) is 4.17. The van der Waals surface area contributed by atoms with Crippen molar-refractivity contribution in [3.63, 3.8) is 0 Å². The fraction of sp³-hybridized carbons (Fsp3) is 0.316. The predicted molar refractivity (Wildman–Crippen MR) is 86.3 cm³/mol. The van der Waals surface area contributed by atoms with Crippen LogP contribution in [-0.2, 0) is 0 Å². The lowest BCUT2D eigenvalue weighted by molar-refractivity contribution is 0.0733. The molecule has 0 saturated heterocycles. The van der Waals surface area contributed by atoms with Crippen LogP contribution < -0.4 is 4.74 Å². The highest BCUT2D eigenvalue weighted by atomic mass is 16.5. The highest BCUT2D eigenvalue weighted by Gasteiger charge is 2.15. The molecule has 110 valence electrons. The van der Waals surface area contributed by atoms with Crippen LogP contribution in [0.3, 0.4) is 0 Å². The molecule has 0 aliphatic heterocycles. The highest BCUT2D eigenvalue weighted by molar-refractivity contribution is 5.94. The molecule has 21 heavy (non-hydrogen) atoms. The maximum absolute atomic E-state index is 12.5. The van der Waals surface area contributed by atoms with Crippen molar-refractivity contribution in [2.45, 2.75) is 41.5 Å². The topological polar surface area (TPSA) is 26.3 Å². The number of hydrogen-bond donors (Lipinski definition) is 0. The Morgan fingerprint density at radius 2 is 1.24 bits per heavy atom. The smallest absolute Gasteiger partial charge is 0.344 e. The molecule has 2 nitrogen and oxygen atoms in total. The second-order valence-electron chi connectivity index (χ2n) is 5.85. The van der Waals surface area contributed by atoms with E-state index in [1.165, 1.54) is 5.56 Å². The molecule has 0 saturated carbocycles. The fourth-order valence-electron chi connectivity index (χ4n) is 2.71. The molecule has 0 aromatic heterocycles. The Labute approximate surface area is 126 Å². The molecule has 2 heteroatoms. The van der Waals surface area contributed by atoms with Crippen molar-refractivity contribution in [3.8, 4) is 5.75 Å². The molecule has 0 heterocycles. The molecule has 0 aliphatic carbocycles. The summed E-state index contributed by atoms with van der Waals surface area (Å²) < 4.78 is 5.58. The summed E-state index contributed by atoms with van der Waals surface area (Å²) in [5, 5.41) is 0. The normalized spacial score (nSPS) is 10.6. The number of carbonyl (C=O) groups is 1. The number of rotatable bonds is 2. The number of aryl methyl sites for hydroxylation is 5. The standard InChI is InChI=1S/C19H22O2/c1-11-7-14(4)18(15(5)8-11)19(20)21-17-9-12(2)16(6)13(3)10-17/h7-10H,1-6H3. The molecule has 2 aromatic carbocycles. The Morgan fingerprint density at radius 1 is 0.762 bits per heavy atom. The first-order valence-electron chi connectivity index (χ1n) is 7.17. The maximum atomic E-state index is 12.5. The summed E-state index contributed by atoms with van der Waals surface area (Å²) in [5.74, 6) is 0.327. The van der Waals surface area contributed by atoms with E-state index in [2.05, 4.69) is 6.92 Å². The van der Waals surface area contributed by atoms with E-state index in [-0.39, 0.29) is 5.97 Å². The minimum Gasteiger partial charge on any atom is -0.423 e. The van der Waals surface area contributed by atoms with Gasteiger partial charge in [-0.2, -0.15) is 0 Å². The Hall–Kier alpha value is -2.09. The molecule has 0 bridgehead atoms. The van der Waals surface area contributed by atoms with Gasteiger partial charge >= 0.3 is 5.97 Å². The number of esters is 1. The van der Waals surface area contributed by atoms with Gasteiger partial charge in [0.25, 0.3) is 0 Å². The van der Waals surface area contributed by atoms with Gasteiger partial charge in [0.1, 0.15) is 5.75 Å². The lowest BCUT2D eigenvalue weighted by Crippen LogP contribution is -2.13. The van der Waals surface area contributed by atoms with E-state index in [1.54, 1.807) is 0 Å². The van der Waals surface area contributed by atoms with Crippen LogP contribution in [-0.4, -0.2) is 5.97 Å². The fourth-order valence-corrected chi connectivity index (χ4v) is 2.71. The van der Waals surface area contributed by atoms with Gasteiger partial charge < -0.3 is 4.74 Å². The van der Waals surface area contributed by atoms with Crippen LogP contribution in [0, 0.1) is 41.5 Å². The molecule has 2 aromatic rings. The summed E-state index contributed by atoms with van der Waals surface area (Å²) >= 11 is 0. The van der Waals surface area contributed by atoms with E-state index in [9.17, 15) is 4.79 Å². The summed E-state index contributed by atoms with van der Waals surface area (Å²) in [6.45, 7) is 12.1. The molecule has 0 amide bonds. The number of carbonyl (C=O) groups excluding carboxylic acids is 1. The minimum absolute atomic E-state index is 0.285. The molecular formula is C19H22O2. The van der Waals surface area contributed by atoms with Crippen molar-refractivity contribution in [2.24, 2.45) is 0 Å². The van der Waals surface area contributed by atoms with Gasteiger partial charge in [-0.05, 0) is 81.5 Å². The van der Waals surface area contributed by atoms with Crippen LogP contribution >= 0.6 is 0 Å². The second-order valence-corrected chi connectivity index (χ2v) is 5.85. The lowest BCUT2D eigenvalue weighted by atomic mass is 10.00. The van der Waals surface area contributed by atoms with Gasteiger partial charge in [-0.3, -0.25) is 0 Å². The molecule has 0 aliphatic rings. The molecule has 0 unspecified atom stereocenters. The predicted octanol–water partition coefficient (Wildman–Crippen LogP) is 4.76. The van der Waals surface area contributed by atoms with Gasteiger partial charge in [0, 0.05) is 0 Å². The van der Waals surface area contributed by atoms with Crippen LogP contribution in [0.15, 0.2) is 24.3 Å². The molecule has 0 N–H and O–H groups in total. The highest BCUT2D eigenvalue weighted by Crippen LogP contribution is 2.23. The van der Waals surface area contributed by atoms with Crippen molar-refractivity contribution in [2.75, 3.05) is 0 Å². The first-order valence-corrected chi connectivity index (χ1v) is 7.17. The van der Waals surface area contributed by atoms with Gasteiger partial charge in [-0.15, -0.1) is 0 Å². The molecular weight excluding hydrogens is 260 g/mol. The molecule has 2 rings (SSSR count). The molecule has 0 atom stereocenters. The number of benzene rings is 2. The van der Waals surface area contributed by atoms with Crippen LogP contribution in [0.25, 0.3) is 0 Å². The third kappa shape index (κ3) is 3.15. The van der Waals surface area contributed by atoms with Gasteiger partial charge in [0.2, 0.25) is 0 Å². The second kappa shape index (κ2) is 5.72. The van der Waals surface area contributed by atoms with E-state index < -0.39 is 0 Å². The summed E-state index contributed by atoms with van der Waals surface area (Å²) in [7, 11) is 0. The maximum Gasteiger partial charge on any atom is 0.344 e. The van der Waals surface area contributed by atoms with Gasteiger partial charge in [-0.1, -0.05) is 17.7 Å². The van der Waals surface area contributed by atoms with Gasteiger partial charge in [0.05, 0.1) is 5.56 Å². The van der Waals surface area contributed by atoms with Crippen molar-refractivity contribution in [3.05, 3.63) is 63.2 Å². The molecule has 0 radical (unpaired) electrons. The summed E-state index contributed by atoms with van der Waals surface area (Å²) in [6, 6.07) is 7.85. The van der Waals surface area contributed by atoms with Gasteiger partial charge in [-0.25, -0.2) is 4.79 Å². The summed E-state index contributed by atoms with van der Waals surface area (Å²) in [6.07, 6.45) is 0. The van der Waals surface area contributed by atoms with Crippen LogP contribution in [0.2, 0.25) is 0 Å². The molecule has 0 fully saturated rings. The van der Waals surface area contributed by atoms with E-state index >= 15 is 0 Å². The Balaban J connectivity index is 2.35. The van der Waals surface area contributed by atoms with E-state index in [4.69, 9.17) is 4.74 Å². The van der Waals surface area contributed by atoms with Gasteiger partial charge in [0.15, 0.2) is 0 Å². The first kappa shape index (κ1) is 15.3. The summed E-state index contributed by atoms with van der Waals surface area (Å²) in [4.78, 5) is 12.5. The first-order chi connectivity index (χ1) is 9.79. The minimum atomic E-state index is -0.285. The quantitative estimate of drug-likeness (QED) is 0.586. The lowest BCUT2D eigenvalue weighted by Gasteiger charge is -2.13. The third-order valence-corrected chi connectivity index (χ3v) is 3.99. The third-order valence-electron chi connectivity index (χ3n) is 3.99.